The molecule has 0 saturated carbocycles. The second-order valence-corrected chi connectivity index (χ2v) is 4.44. The molecule has 2 atom stereocenters. The van der Waals surface area contributed by atoms with Gasteiger partial charge in [0.05, 0.1) is 11.8 Å². The first-order valence-electron chi connectivity index (χ1n) is 5.57. The minimum Gasteiger partial charge on any atom is -0.298 e. The Morgan fingerprint density at radius 1 is 1.36 bits per heavy atom. The maximum atomic E-state index is 4.18. The molecule has 0 aromatic carbocycles. The molecule has 0 N–H and O–H groups in total. The first-order valence-corrected chi connectivity index (χ1v) is 5.57. The van der Waals surface area contributed by atoms with Crippen LogP contribution in [0.15, 0.2) is 10.2 Å². The van der Waals surface area contributed by atoms with Crippen LogP contribution >= 0.6 is 0 Å². The van der Waals surface area contributed by atoms with Crippen molar-refractivity contribution in [3.05, 3.63) is 0 Å². The van der Waals surface area contributed by atoms with Gasteiger partial charge < -0.3 is 0 Å². The van der Waals surface area contributed by atoms with Gasteiger partial charge in [-0.05, 0) is 33.4 Å². The fourth-order valence-electron chi connectivity index (χ4n) is 2.60. The molecule has 3 heteroatoms. The Balaban J connectivity index is 2.16. The summed E-state index contributed by atoms with van der Waals surface area (Å²) in [6.07, 6.45) is 7.33. The van der Waals surface area contributed by atoms with Gasteiger partial charge in [0.15, 0.2) is 0 Å². The third-order valence-electron chi connectivity index (χ3n) is 3.33. The first-order chi connectivity index (χ1) is 6.79. The lowest BCUT2D eigenvalue weighted by Crippen LogP contribution is -2.46. The lowest BCUT2D eigenvalue weighted by molar-refractivity contribution is 0.230. The van der Waals surface area contributed by atoms with Crippen LogP contribution in [0.1, 0.15) is 32.6 Å². The molecule has 0 spiro atoms. The molecule has 2 aliphatic heterocycles. The van der Waals surface area contributed by atoms with Gasteiger partial charge in [-0.25, -0.2) is 0 Å². The number of hydrogen-bond donors (Lipinski definition) is 0. The van der Waals surface area contributed by atoms with Crippen molar-refractivity contribution in [1.82, 2.24) is 4.90 Å². The quantitative estimate of drug-likeness (QED) is 0.578. The molecular formula is C11H19N3. The summed E-state index contributed by atoms with van der Waals surface area (Å²) in [4.78, 5) is 2.44. The van der Waals surface area contributed by atoms with E-state index < -0.39 is 0 Å². The van der Waals surface area contributed by atoms with E-state index in [1.54, 1.807) is 0 Å². The predicted octanol–water partition coefficient (Wildman–Crippen LogP) is 1.94. The van der Waals surface area contributed by atoms with Crippen LogP contribution in [-0.2, 0) is 0 Å². The molecule has 78 valence electrons. The Hall–Kier alpha value is -0.700. The molecule has 0 aliphatic carbocycles. The van der Waals surface area contributed by atoms with E-state index in [1.807, 2.05) is 6.21 Å². The third kappa shape index (κ3) is 1.87. The average molecular weight is 193 g/mol. The minimum atomic E-state index is 0.507. The van der Waals surface area contributed by atoms with Gasteiger partial charge in [-0.15, -0.1) is 0 Å². The monoisotopic (exact) mass is 193 g/mol. The average Bonchev–Trinajstić information content (AvgIpc) is 2.13. The molecule has 0 amide bonds. The van der Waals surface area contributed by atoms with Crippen LogP contribution in [0, 0.1) is 5.92 Å². The maximum Gasteiger partial charge on any atom is 0.0573 e. The molecule has 2 heterocycles. The van der Waals surface area contributed by atoms with Crippen LogP contribution in [0.4, 0.5) is 0 Å². The molecule has 1 fully saturated rings. The SMILES string of the molecule is CC1=NN=CC2CCCCCN(C)C12. The van der Waals surface area contributed by atoms with E-state index in [0.717, 1.165) is 0 Å². The smallest absolute Gasteiger partial charge is 0.0573 e. The van der Waals surface area contributed by atoms with Crippen LogP contribution in [0.25, 0.3) is 0 Å². The highest BCUT2D eigenvalue weighted by molar-refractivity contribution is 5.92. The summed E-state index contributed by atoms with van der Waals surface area (Å²) in [5, 5.41) is 8.27. The Kier molecular flexibility index (Phi) is 2.96. The number of likely N-dealkylation sites (tertiary alicyclic amines) is 1. The van der Waals surface area contributed by atoms with Crippen molar-refractivity contribution in [1.29, 1.82) is 0 Å². The standard InChI is InChI=1S/C11H19N3/c1-9-11-10(8-12-13-9)6-4-3-5-7-14(11)2/h8,10-11H,3-7H2,1-2H3. The summed E-state index contributed by atoms with van der Waals surface area (Å²) in [5.41, 5.74) is 1.18. The zero-order valence-electron chi connectivity index (χ0n) is 9.11. The van der Waals surface area contributed by atoms with Gasteiger partial charge in [0, 0.05) is 12.1 Å². The minimum absolute atomic E-state index is 0.507. The number of hydrogen-bond acceptors (Lipinski definition) is 3. The number of rotatable bonds is 0. The fourth-order valence-corrected chi connectivity index (χ4v) is 2.60. The van der Waals surface area contributed by atoms with Crippen molar-refractivity contribution >= 4 is 11.9 Å². The van der Waals surface area contributed by atoms with Gasteiger partial charge >= 0.3 is 0 Å². The normalized spacial score (nSPS) is 34.3. The highest BCUT2D eigenvalue weighted by atomic mass is 15.3. The summed E-state index contributed by atoms with van der Waals surface area (Å²) in [6, 6.07) is 0.507. The van der Waals surface area contributed by atoms with Gasteiger partial charge in [-0.1, -0.05) is 12.8 Å². The largest absolute Gasteiger partial charge is 0.298 e. The molecule has 2 unspecified atom stereocenters. The molecule has 14 heavy (non-hydrogen) atoms. The predicted molar refractivity (Wildman–Crippen MR) is 60.0 cm³/mol. The summed E-state index contributed by atoms with van der Waals surface area (Å²) in [6.45, 7) is 3.30. The first kappa shape index (κ1) is 9.84. The van der Waals surface area contributed by atoms with E-state index in [0.29, 0.717) is 12.0 Å². The van der Waals surface area contributed by atoms with Crippen LogP contribution in [-0.4, -0.2) is 36.5 Å². The van der Waals surface area contributed by atoms with E-state index in [4.69, 9.17) is 0 Å². The molecule has 0 bridgehead atoms. The van der Waals surface area contributed by atoms with Gasteiger partial charge in [-0.2, -0.15) is 10.2 Å². The number of fused-ring (bicyclic) bond motifs is 1. The van der Waals surface area contributed by atoms with Crippen molar-refractivity contribution in [3.63, 3.8) is 0 Å². The van der Waals surface area contributed by atoms with Crippen molar-refractivity contribution in [2.24, 2.45) is 16.1 Å². The zero-order valence-corrected chi connectivity index (χ0v) is 9.11. The van der Waals surface area contributed by atoms with Crippen molar-refractivity contribution in [2.75, 3.05) is 13.6 Å². The molecule has 3 nitrogen and oxygen atoms in total. The van der Waals surface area contributed by atoms with E-state index in [1.165, 1.54) is 37.9 Å². The zero-order chi connectivity index (χ0) is 9.97. The highest BCUT2D eigenvalue weighted by Crippen LogP contribution is 2.23. The van der Waals surface area contributed by atoms with E-state index in [-0.39, 0.29) is 0 Å². The van der Waals surface area contributed by atoms with Gasteiger partial charge in [0.25, 0.3) is 0 Å². The van der Waals surface area contributed by atoms with E-state index >= 15 is 0 Å². The topological polar surface area (TPSA) is 28.0 Å². The Bertz CT molecular complexity index is 257. The summed E-state index contributed by atoms with van der Waals surface area (Å²) in [7, 11) is 2.21. The lowest BCUT2D eigenvalue weighted by atomic mass is 9.88. The summed E-state index contributed by atoms with van der Waals surface area (Å²) >= 11 is 0. The van der Waals surface area contributed by atoms with Crippen LogP contribution in [0.3, 0.4) is 0 Å². The molecule has 2 aliphatic rings. The van der Waals surface area contributed by atoms with Crippen LogP contribution in [0.5, 0.6) is 0 Å². The van der Waals surface area contributed by atoms with Gasteiger partial charge in [0.2, 0.25) is 0 Å². The van der Waals surface area contributed by atoms with Crippen LogP contribution < -0.4 is 0 Å². The van der Waals surface area contributed by atoms with Crippen molar-refractivity contribution in [2.45, 2.75) is 38.6 Å². The van der Waals surface area contributed by atoms with E-state index in [9.17, 15) is 0 Å². The third-order valence-corrected chi connectivity index (χ3v) is 3.33. The van der Waals surface area contributed by atoms with Crippen molar-refractivity contribution < 1.29 is 0 Å². The molecular weight excluding hydrogens is 174 g/mol. The Morgan fingerprint density at radius 3 is 3.07 bits per heavy atom. The van der Waals surface area contributed by atoms with Gasteiger partial charge in [-0.3, -0.25) is 4.90 Å². The molecule has 2 rings (SSSR count). The second-order valence-electron chi connectivity index (χ2n) is 4.44. The molecule has 0 aromatic rings. The number of nitrogens with zero attached hydrogens (tertiary/aromatic N) is 3. The fraction of sp³-hybridized carbons (Fsp3) is 0.818. The highest BCUT2D eigenvalue weighted by Gasteiger charge is 2.29. The summed E-state index contributed by atoms with van der Waals surface area (Å²) < 4.78 is 0. The second kappa shape index (κ2) is 4.22. The Labute approximate surface area is 85.9 Å². The summed E-state index contributed by atoms with van der Waals surface area (Å²) in [5.74, 6) is 0.595. The lowest BCUT2D eigenvalue weighted by Gasteiger charge is -2.35. The Morgan fingerprint density at radius 2 is 2.21 bits per heavy atom. The van der Waals surface area contributed by atoms with Crippen LogP contribution in [0.2, 0.25) is 0 Å². The molecule has 0 radical (unpaired) electrons. The van der Waals surface area contributed by atoms with E-state index in [2.05, 4.69) is 29.1 Å². The van der Waals surface area contributed by atoms with Crippen molar-refractivity contribution in [3.8, 4) is 0 Å². The van der Waals surface area contributed by atoms with Gasteiger partial charge in [0.1, 0.15) is 0 Å². The molecule has 0 aromatic heterocycles. The molecule has 1 saturated heterocycles. The maximum absolute atomic E-state index is 4.18.